The molecule has 0 aliphatic heterocycles. The van der Waals surface area contributed by atoms with E-state index in [1.54, 1.807) is 0 Å². The Hall–Kier alpha value is 0.310. The number of rotatable bonds is 3. The average Bonchev–Trinajstić information content (AvgIpc) is 2.73. The molecule has 19 heavy (non-hydrogen) atoms. The number of nitrogens with one attached hydrogen (secondary N) is 1. The topological polar surface area (TPSA) is 12.0 Å². The number of hydrogen-bond acceptors (Lipinski definition) is 2. The standard InChI is InChI=1S/C17H31NS/c1-16(2)12-9-10-17(16,3)15(11-12)18-13-5-7-14(19-4)8-6-13/h12-15,18H,5-11H2,1-4H3. The second kappa shape index (κ2) is 4.94. The lowest BCUT2D eigenvalue weighted by Crippen LogP contribution is -2.49. The molecule has 3 atom stereocenters. The van der Waals surface area contributed by atoms with E-state index in [1.807, 2.05) is 0 Å². The van der Waals surface area contributed by atoms with E-state index < -0.39 is 0 Å². The summed E-state index contributed by atoms with van der Waals surface area (Å²) in [5, 5.41) is 5.02. The molecule has 3 fully saturated rings. The minimum absolute atomic E-state index is 0.550. The van der Waals surface area contributed by atoms with Crippen LogP contribution in [0.1, 0.15) is 65.7 Å². The fraction of sp³-hybridized carbons (Fsp3) is 1.00. The molecule has 1 nitrogen and oxygen atoms in total. The van der Waals surface area contributed by atoms with Crippen molar-refractivity contribution in [1.29, 1.82) is 0 Å². The number of fused-ring (bicyclic) bond motifs is 2. The van der Waals surface area contributed by atoms with Gasteiger partial charge in [-0.1, -0.05) is 20.8 Å². The lowest BCUT2D eigenvalue weighted by molar-refractivity contribution is 0.111. The van der Waals surface area contributed by atoms with Gasteiger partial charge >= 0.3 is 0 Å². The smallest absolute Gasteiger partial charge is 0.0131 e. The molecule has 2 bridgehead atoms. The molecule has 0 amide bonds. The summed E-state index contributed by atoms with van der Waals surface area (Å²) < 4.78 is 0. The fourth-order valence-electron chi connectivity index (χ4n) is 5.21. The van der Waals surface area contributed by atoms with Crippen molar-refractivity contribution in [3.05, 3.63) is 0 Å². The van der Waals surface area contributed by atoms with Crippen LogP contribution in [0.2, 0.25) is 0 Å². The summed E-state index contributed by atoms with van der Waals surface area (Å²) in [5.41, 5.74) is 1.11. The lowest BCUT2D eigenvalue weighted by atomic mass is 9.69. The molecule has 0 heterocycles. The Balaban J connectivity index is 1.60. The zero-order valence-electron chi connectivity index (χ0n) is 13.2. The van der Waals surface area contributed by atoms with Gasteiger partial charge in [-0.3, -0.25) is 0 Å². The molecule has 3 aliphatic rings. The Morgan fingerprint density at radius 3 is 2.16 bits per heavy atom. The third-order valence-corrected chi connectivity index (χ3v) is 8.38. The molecule has 3 unspecified atom stereocenters. The molecule has 0 aromatic heterocycles. The Bertz CT molecular complexity index is 332. The minimum atomic E-state index is 0.550. The maximum absolute atomic E-state index is 4.08. The van der Waals surface area contributed by atoms with Gasteiger partial charge in [0.05, 0.1) is 0 Å². The predicted molar refractivity (Wildman–Crippen MR) is 85.7 cm³/mol. The molecule has 0 radical (unpaired) electrons. The monoisotopic (exact) mass is 281 g/mol. The molecule has 3 rings (SSSR count). The zero-order valence-corrected chi connectivity index (χ0v) is 14.0. The van der Waals surface area contributed by atoms with Gasteiger partial charge in [-0.05, 0) is 67.9 Å². The molecule has 2 heteroatoms. The van der Waals surface area contributed by atoms with Crippen LogP contribution in [0.4, 0.5) is 0 Å². The third kappa shape index (κ3) is 2.18. The SMILES string of the molecule is CSC1CCC(NC2CC3CCC2(C)C3(C)C)CC1. The summed E-state index contributed by atoms with van der Waals surface area (Å²) in [7, 11) is 0. The van der Waals surface area contributed by atoms with E-state index in [9.17, 15) is 0 Å². The molecular weight excluding hydrogens is 250 g/mol. The Labute approximate surface area is 123 Å². The van der Waals surface area contributed by atoms with E-state index in [0.29, 0.717) is 10.8 Å². The van der Waals surface area contributed by atoms with Crippen LogP contribution in [0, 0.1) is 16.7 Å². The highest BCUT2D eigenvalue weighted by atomic mass is 32.2. The van der Waals surface area contributed by atoms with Gasteiger partial charge in [0, 0.05) is 17.3 Å². The van der Waals surface area contributed by atoms with Gasteiger partial charge in [-0.15, -0.1) is 0 Å². The molecular formula is C17H31NS. The van der Waals surface area contributed by atoms with Gasteiger partial charge < -0.3 is 5.32 Å². The van der Waals surface area contributed by atoms with E-state index >= 15 is 0 Å². The van der Waals surface area contributed by atoms with Gasteiger partial charge in [0.1, 0.15) is 0 Å². The highest BCUT2D eigenvalue weighted by Gasteiger charge is 2.61. The van der Waals surface area contributed by atoms with Crippen molar-refractivity contribution >= 4 is 11.8 Å². The highest BCUT2D eigenvalue weighted by Crippen LogP contribution is 2.65. The Morgan fingerprint density at radius 1 is 1.00 bits per heavy atom. The second-order valence-electron chi connectivity index (χ2n) is 8.04. The van der Waals surface area contributed by atoms with Crippen molar-refractivity contribution in [3.63, 3.8) is 0 Å². The number of hydrogen-bond donors (Lipinski definition) is 1. The largest absolute Gasteiger partial charge is 0.311 e. The molecule has 0 spiro atoms. The van der Waals surface area contributed by atoms with Crippen LogP contribution in [-0.4, -0.2) is 23.6 Å². The molecule has 0 aromatic carbocycles. The van der Waals surface area contributed by atoms with Crippen LogP contribution in [0.15, 0.2) is 0 Å². The van der Waals surface area contributed by atoms with E-state index in [2.05, 4.69) is 44.1 Å². The van der Waals surface area contributed by atoms with Gasteiger partial charge in [0.15, 0.2) is 0 Å². The zero-order chi connectivity index (χ0) is 13.7. The van der Waals surface area contributed by atoms with Crippen LogP contribution in [0.25, 0.3) is 0 Å². The van der Waals surface area contributed by atoms with Gasteiger partial charge in [-0.2, -0.15) is 11.8 Å². The van der Waals surface area contributed by atoms with E-state index in [1.165, 1.54) is 44.9 Å². The van der Waals surface area contributed by atoms with Crippen molar-refractivity contribution < 1.29 is 0 Å². The molecule has 3 aliphatic carbocycles. The predicted octanol–water partition coefficient (Wildman–Crippen LogP) is 4.47. The van der Waals surface area contributed by atoms with Crippen molar-refractivity contribution in [1.82, 2.24) is 5.32 Å². The summed E-state index contributed by atoms with van der Waals surface area (Å²) in [6.45, 7) is 7.61. The van der Waals surface area contributed by atoms with Gasteiger partial charge in [-0.25, -0.2) is 0 Å². The van der Waals surface area contributed by atoms with Crippen molar-refractivity contribution in [2.75, 3.05) is 6.26 Å². The van der Waals surface area contributed by atoms with Crippen LogP contribution in [0.3, 0.4) is 0 Å². The molecule has 3 saturated carbocycles. The maximum atomic E-state index is 4.08. The van der Waals surface area contributed by atoms with Crippen LogP contribution in [-0.2, 0) is 0 Å². The fourth-order valence-corrected chi connectivity index (χ4v) is 5.95. The Morgan fingerprint density at radius 2 is 1.68 bits per heavy atom. The minimum Gasteiger partial charge on any atom is -0.311 e. The average molecular weight is 282 g/mol. The summed E-state index contributed by atoms with van der Waals surface area (Å²) in [6, 6.07) is 1.59. The second-order valence-corrected chi connectivity index (χ2v) is 9.18. The first-order valence-electron chi connectivity index (χ1n) is 8.26. The van der Waals surface area contributed by atoms with E-state index in [0.717, 1.165) is 23.3 Å². The summed E-state index contributed by atoms with van der Waals surface area (Å²) in [4.78, 5) is 0. The van der Waals surface area contributed by atoms with Gasteiger partial charge in [0.25, 0.3) is 0 Å². The van der Waals surface area contributed by atoms with Crippen LogP contribution >= 0.6 is 11.8 Å². The molecule has 1 N–H and O–H groups in total. The molecule has 0 saturated heterocycles. The summed E-state index contributed by atoms with van der Waals surface area (Å²) >= 11 is 2.07. The number of thioether (sulfide) groups is 1. The van der Waals surface area contributed by atoms with Crippen molar-refractivity contribution in [2.45, 2.75) is 83.1 Å². The first-order chi connectivity index (χ1) is 8.97. The molecule has 110 valence electrons. The lowest BCUT2D eigenvalue weighted by Gasteiger charge is -2.42. The van der Waals surface area contributed by atoms with Crippen LogP contribution < -0.4 is 5.32 Å². The molecule has 0 aromatic rings. The normalized spacial score (nSPS) is 48.6. The first-order valence-corrected chi connectivity index (χ1v) is 9.55. The maximum Gasteiger partial charge on any atom is 0.0131 e. The van der Waals surface area contributed by atoms with Gasteiger partial charge in [0.2, 0.25) is 0 Å². The quantitative estimate of drug-likeness (QED) is 0.819. The summed E-state index contributed by atoms with van der Waals surface area (Å²) in [6.07, 6.45) is 12.3. The third-order valence-electron chi connectivity index (χ3n) is 7.24. The Kier molecular flexibility index (Phi) is 3.71. The first kappa shape index (κ1) is 14.3. The van der Waals surface area contributed by atoms with Crippen LogP contribution in [0.5, 0.6) is 0 Å². The van der Waals surface area contributed by atoms with E-state index in [4.69, 9.17) is 0 Å². The van der Waals surface area contributed by atoms with Crippen molar-refractivity contribution in [3.8, 4) is 0 Å². The van der Waals surface area contributed by atoms with Crippen molar-refractivity contribution in [2.24, 2.45) is 16.7 Å². The summed E-state index contributed by atoms with van der Waals surface area (Å²) in [5.74, 6) is 0.970. The highest BCUT2D eigenvalue weighted by molar-refractivity contribution is 7.99. The van der Waals surface area contributed by atoms with E-state index in [-0.39, 0.29) is 0 Å².